The molecule has 0 aliphatic heterocycles. The van der Waals surface area contributed by atoms with Crippen LogP contribution in [0.5, 0.6) is 0 Å². The van der Waals surface area contributed by atoms with Gasteiger partial charge < -0.3 is 14.2 Å². The first-order valence-corrected chi connectivity index (χ1v) is 20.8. The molecular formula is C57H50N2O. The third-order valence-electron chi connectivity index (χ3n) is 12.0. The van der Waals surface area contributed by atoms with Gasteiger partial charge in [0.25, 0.3) is 0 Å². The summed E-state index contributed by atoms with van der Waals surface area (Å²) < 4.78 is 6.31. The Kier molecular flexibility index (Phi) is 11.7. The van der Waals surface area contributed by atoms with Gasteiger partial charge in [-0.2, -0.15) is 0 Å². The first kappa shape index (κ1) is 39.5. The number of hydrogen-bond donors (Lipinski definition) is 0. The quantitative estimate of drug-likeness (QED) is 0.0810. The van der Waals surface area contributed by atoms with Crippen LogP contribution in [0.3, 0.4) is 0 Å². The van der Waals surface area contributed by atoms with Crippen LogP contribution in [0.1, 0.15) is 50.0 Å². The van der Waals surface area contributed by atoms with Gasteiger partial charge in [-0.25, -0.2) is 0 Å². The topological polar surface area (TPSA) is 19.6 Å². The van der Waals surface area contributed by atoms with Gasteiger partial charge >= 0.3 is 0 Å². The minimum atomic E-state index is 0.0295. The van der Waals surface area contributed by atoms with E-state index in [9.17, 15) is 0 Å². The fraction of sp³-hybridized carbons (Fsp3) is 0.123. The van der Waals surface area contributed by atoms with Crippen molar-refractivity contribution in [2.24, 2.45) is 0 Å². The monoisotopic (exact) mass is 778 g/mol. The Balaban J connectivity index is 1.20. The Bertz CT molecular complexity index is 2790. The maximum Gasteiger partial charge on any atom is 0.137 e. The summed E-state index contributed by atoms with van der Waals surface area (Å²) in [4.78, 5) is 4.66. The van der Waals surface area contributed by atoms with Crippen molar-refractivity contribution in [2.75, 3.05) is 9.80 Å². The first-order chi connectivity index (χ1) is 29.5. The molecule has 0 fully saturated rings. The summed E-state index contributed by atoms with van der Waals surface area (Å²) in [6.45, 7) is 10.8. The van der Waals surface area contributed by atoms with Crippen LogP contribution in [0.4, 0.5) is 34.1 Å². The summed E-state index contributed by atoms with van der Waals surface area (Å²) >= 11 is 0. The van der Waals surface area contributed by atoms with E-state index in [-0.39, 0.29) is 5.41 Å². The van der Waals surface area contributed by atoms with Gasteiger partial charge in [-0.3, -0.25) is 0 Å². The van der Waals surface area contributed by atoms with Crippen LogP contribution < -0.4 is 9.80 Å². The highest BCUT2D eigenvalue weighted by Crippen LogP contribution is 2.46. The smallest absolute Gasteiger partial charge is 0.137 e. The predicted molar refractivity (Wildman–Crippen MR) is 256 cm³/mol. The van der Waals surface area contributed by atoms with Crippen molar-refractivity contribution in [1.29, 1.82) is 0 Å². The second-order valence-electron chi connectivity index (χ2n) is 15.3. The van der Waals surface area contributed by atoms with Crippen molar-refractivity contribution < 1.29 is 4.42 Å². The van der Waals surface area contributed by atoms with Gasteiger partial charge in [-0.15, -0.1) is 13.0 Å². The lowest BCUT2D eigenvalue weighted by molar-refractivity contribution is 0.400. The normalized spacial score (nSPS) is 11.4. The predicted octanol–water partition coefficient (Wildman–Crippen LogP) is 16.3. The van der Waals surface area contributed by atoms with Crippen molar-refractivity contribution in [3.8, 4) is 34.6 Å². The summed E-state index contributed by atoms with van der Waals surface area (Å²) in [7, 11) is 0. The number of rotatable bonds is 14. The highest BCUT2D eigenvalue weighted by molar-refractivity contribution is 5.91. The van der Waals surface area contributed by atoms with E-state index in [0.717, 1.165) is 86.8 Å². The highest BCUT2D eigenvalue weighted by atomic mass is 16.3. The molecule has 294 valence electrons. The number of allylic oxidation sites excluding steroid dienone is 2. The molecule has 0 saturated heterocycles. The Labute approximate surface area is 355 Å². The second kappa shape index (κ2) is 17.7. The molecule has 3 heteroatoms. The molecule has 0 N–H and O–H groups in total. The zero-order chi connectivity index (χ0) is 41.5. The van der Waals surface area contributed by atoms with Crippen LogP contribution in [-0.2, 0) is 5.41 Å². The van der Waals surface area contributed by atoms with Gasteiger partial charge in [0, 0.05) is 51.0 Å². The van der Waals surface area contributed by atoms with Gasteiger partial charge in [-0.05, 0) is 139 Å². The maximum atomic E-state index is 6.31. The van der Waals surface area contributed by atoms with Crippen molar-refractivity contribution in [3.63, 3.8) is 0 Å². The number of nitrogens with zero attached hydrogens (tertiary/aromatic N) is 2. The third kappa shape index (κ3) is 7.81. The molecule has 8 aromatic rings. The molecule has 0 unspecified atom stereocenters. The van der Waals surface area contributed by atoms with E-state index >= 15 is 0 Å². The fourth-order valence-corrected chi connectivity index (χ4v) is 8.56. The minimum Gasteiger partial charge on any atom is -0.456 e. The van der Waals surface area contributed by atoms with E-state index in [2.05, 4.69) is 219 Å². The van der Waals surface area contributed by atoms with Gasteiger partial charge in [0.15, 0.2) is 0 Å². The second-order valence-corrected chi connectivity index (χ2v) is 15.3. The first-order valence-electron chi connectivity index (χ1n) is 20.8. The molecule has 0 aliphatic rings. The van der Waals surface area contributed by atoms with Gasteiger partial charge in [-0.1, -0.05) is 123 Å². The van der Waals surface area contributed by atoms with Crippen LogP contribution in [0.2, 0.25) is 0 Å². The summed E-state index contributed by atoms with van der Waals surface area (Å²) in [5.41, 5.74) is 14.3. The maximum absolute atomic E-state index is 6.31. The van der Waals surface area contributed by atoms with E-state index < -0.39 is 0 Å². The SMILES string of the molecule is C#C/C=C\c1oc2cc(N(c3ccccc3)c3cccc(-c4ccc(N(c5ccccc5)c5ccc(C(CC)(CC)CC=C)cc5-c5ccccc5)cc4)c3)ccc2c1C. The lowest BCUT2D eigenvalue weighted by Gasteiger charge is -2.34. The fourth-order valence-electron chi connectivity index (χ4n) is 8.56. The molecule has 0 amide bonds. The molecule has 7 aromatic carbocycles. The summed E-state index contributed by atoms with van der Waals surface area (Å²) in [6.07, 6.45) is 14.1. The standard InChI is InChI=1S/C57H50N2O/c1-6-10-29-55-42(5)52-36-35-51(41-56(52)60-55)58(47-24-16-12-17-25-47)50-28-20-23-45(39-50)43-30-33-49(34-31-43)59(48-26-18-13-19-27-48)54-37-32-46(57(8-3,9-4)38-7-2)40-53(54)44-21-14-11-15-22-44/h1,7,10-37,39-41H,2,8-9,38H2,3-5H3/b29-10-. The number of terminal acetylenes is 1. The van der Waals surface area contributed by atoms with Crippen LogP contribution in [0.25, 0.3) is 39.3 Å². The molecule has 1 aromatic heterocycles. The molecule has 0 spiro atoms. The summed E-state index contributed by atoms with van der Waals surface area (Å²) in [5, 5.41) is 1.07. The summed E-state index contributed by atoms with van der Waals surface area (Å²) in [5.74, 6) is 3.34. The Morgan fingerprint density at radius 1 is 0.600 bits per heavy atom. The van der Waals surface area contributed by atoms with E-state index in [1.54, 1.807) is 6.08 Å². The van der Waals surface area contributed by atoms with Crippen LogP contribution in [0, 0.1) is 19.3 Å². The Morgan fingerprint density at radius 2 is 1.18 bits per heavy atom. The zero-order valence-corrected chi connectivity index (χ0v) is 34.7. The van der Waals surface area contributed by atoms with Crippen molar-refractivity contribution in [3.05, 3.63) is 212 Å². The Morgan fingerprint density at radius 3 is 1.83 bits per heavy atom. The number of benzene rings is 7. The van der Waals surface area contributed by atoms with Crippen molar-refractivity contribution >= 4 is 51.2 Å². The molecule has 3 nitrogen and oxygen atoms in total. The molecule has 8 rings (SSSR count). The molecule has 0 saturated carbocycles. The van der Waals surface area contributed by atoms with Gasteiger partial charge in [0.05, 0.1) is 5.69 Å². The number of hydrogen-bond acceptors (Lipinski definition) is 3. The van der Waals surface area contributed by atoms with Crippen molar-refractivity contribution in [2.45, 2.75) is 45.4 Å². The van der Waals surface area contributed by atoms with Gasteiger partial charge in [0.1, 0.15) is 11.3 Å². The lowest BCUT2D eigenvalue weighted by Crippen LogP contribution is -2.24. The molecule has 0 radical (unpaired) electrons. The summed E-state index contributed by atoms with van der Waals surface area (Å²) in [6, 6.07) is 63.1. The molecular weight excluding hydrogens is 729 g/mol. The van der Waals surface area contributed by atoms with Crippen LogP contribution in [-0.4, -0.2) is 0 Å². The number of anilines is 6. The van der Waals surface area contributed by atoms with Crippen LogP contribution >= 0.6 is 0 Å². The molecule has 1 heterocycles. The number of para-hydroxylation sites is 2. The van der Waals surface area contributed by atoms with Gasteiger partial charge in [0.2, 0.25) is 0 Å². The number of aryl methyl sites for hydroxylation is 1. The van der Waals surface area contributed by atoms with E-state index in [4.69, 9.17) is 10.8 Å². The average Bonchev–Trinajstić information content (AvgIpc) is 3.63. The minimum absolute atomic E-state index is 0.0295. The highest BCUT2D eigenvalue weighted by Gasteiger charge is 2.29. The average molecular weight is 779 g/mol. The van der Waals surface area contributed by atoms with Crippen molar-refractivity contribution in [1.82, 2.24) is 0 Å². The number of fused-ring (bicyclic) bond motifs is 1. The molecule has 0 aliphatic carbocycles. The van der Waals surface area contributed by atoms with E-state index in [1.165, 1.54) is 16.7 Å². The Hall–Kier alpha value is -7.28. The molecule has 0 bridgehead atoms. The molecule has 0 atom stereocenters. The third-order valence-corrected chi connectivity index (χ3v) is 12.0. The number of furan rings is 1. The van der Waals surface area contributed by atoms with E-state index in [1.807, 2.05) is 12.1 Å². The lowest BCUT2D eigenvalue weighted by atomic mass is 9.72. The molecule has 60 heavy (non-hydrogen) atoms. The van der Waals surface area contributed by atoms with Crippen LogP contribution in [0.15, 0.2) is 199 Å². The zero-order valence-electron chi connectivity index (χ0n) is 34.7. The largest absolute Gasteiger partial charge is 0.456 e. The van der Waals surface area contributed by atoms with E-state index in [0.29, 0.717) is 0 Å².